The van der Waals surface area contributed by atoms with Gasteiger partial charge in [0.2, 0.25) is 5.91 Å². The minimum atomic E-state index is -0.669. The maximum atomic E-state index is 13.7. The number of ketones is 1. The highest BCUT2D eigenvalue weighted by atomic mass is 32.1. The first-order valence-corrected chi connectivity index (χ1v) is 12.9. The van der Waals surface area contributed by atoms with E-state index in [1.807, 2.05) is 35.4 Å². The van der Waals surface area contributed by atoms with Crippen LogP contribution in [0.3, 0.4) is 0 Å². The predicted octanol–water partition coefficient (Wildman–Crippen LogP) is 5.28. The Bertz CT molecular complexity index is 1320. The molecular weight excluding hydrogens is 472 g/mol. The maximum absolute atomic E-state index is 13.7. The highest BCUT2D eigenvalue weighted by molar-refractivity contribution is 7.80. The zero-order chi connectivity index (χ0) is 25.4. The number of nitrogens with zero attached hydrogens (tertiary/aromatic N) is 2. The summed E-state index contributed by atoms with van der Waals surface area (Å²) in [6.45, 7) is 3.76. The summed E-state index contributed by atoms with van der Waals surface area (Å²) < 4.78 is 0. The molecule has 2 aromatic carbocycles. The normalized spacial score (nSPS) is 22.3. The lowest BCUT2D eigenvalue weighted by Crippen LogP contribution is -2.46. The van der Waals surface area contributed by atoms with E-state index in [-0.39, 0.29) is 30.1 Å². The Balaban J connectivity index is 1.39. The van der Waals surface area contributed by atoms with E-state index in [0.717, 1.165) is 36.6 Å². The van der Waals surface area contributed by atoms with Gasteiger partial charge in [-0.25, -0.2) is 0 Å². The van der Waals surface area contributed by atoms with Crippen molar-refractivity contribution in [3.8, 4) is 0 Å². The fraction of sp³-hybridized carbons (Fsp3) is 0.357. The van der Waals surface area contributed by atoms with Crippen LogP contribution in [0.4, 0.5) is 11.4 Å². The molecule has 7 nitrogen and oxygen atoms in total. The van der Waals surface area contributed by atoms with Gasteiger partial charge in [0, 0.05) is 29.0 Å². The van der Waals surface area contributed by atoms with Gasteiger partial charge in [-0.05, 0) is 98.6 Å². The van der Waals surface area contributed by atoms with Crippen molar-refractivity contribution in [2.24, 2.45) is 5.92 Å². The first-order valence-electron chi connectivity index (χ1n) is 12.5. The zero-order valence-electron chi connectivity index (χ0n) is 20.5. The largest absolute Gasteiger partial charge is 0.361 e. The predicted molar refractivity (Wildman–Crippen MR) is 145 cm³/mol. The number of aromatic amines is 1. The summed E-state index contributed by atoms with van der Waals surface area (Å²) in [4.78, 5) is 45.2. The van der Waals surface area contributed by atoms with Gasteiger partial charge in [-0.2, -0.15) is 0 Å². The molecule has 1 atom stereocenters. The van der Waals surface area contributed by atoms with E-state index in [0.29, 0.717) is 28.0 Å². The average molecular weight is 503 g/mol. The number of thiocarbonyl (C=S) groups is 1. The molecular formula is C28H30N4O3S. The molecule has 1 aromatic heterocycles. The van der Waals surface area contributed by atoms with Crippen molar-refractivity contribution < 1.29 is 14.4 Å². The van der Waals surface area contributed by atoms with Gasteiger partial charge in [0.25, 0.3) is 5.91 Å². The summed E-state index contributed by atoms with van der Waals surface area (Å²) in [5, 5.41) is 4.45. The zero-order valence-corrected chi connectivity index (χ0v) is 21.3. The summed E-state index contributed by atoms with van der Waals surface area (Å²) in [5.41, 5.74) is 2.80. The molecule has 0 radical (unpaired) electrons. The lowest BCUT2D eigenvalue weighted by atomic mass is 9.86. The first kappa shape index (κ1) is 24.2. The van der Waals surface area contributed by atoms with Gasteiger partial charge in [-0.1, -0.05) is 13.0 Å². The molecule has 2 fully saturated rings. The van der Waals surface area contributed by atoms with Crippen molar-refractivity contribution in [3.05, 3.63) is 60.3 Å². The number of Topliss-reactive ketones (excluding diaryl/α,β-unsaturated/α-hetero) is 1. The molecule has 2 amide bonds. The van der Waals surface area contributed by atoms with Crippen LogP contribution in [0.25, 0.3) is 10.9 Å². The number of nitrogens with one attached hydrogen (secondary N) is 2. The van der Waals surface area contributed by atoms with Crippen LogP contribution in [0.1, 0.15) is 56.3 Å². The Morgan fingerprint density at radius 2 is 1.78 bits per heavy atom. The minimum Gasteiger partial charge on any atom is -0.361 e. The van der Waals surface area contributed by atoms with E-state index in [9.17, 15) is 14.4 Å². The van der Waals surface area contributed by atoms with Crippen molar-refractivity contribution in [2.45, 2.75) is 58.0 Å². The number of hydrogen-bond acceptors (Lipinski definition) is 4. The standard InChI is InChI=1S/C28H30N4O3S/c1-17-3-9-22(10-4-17)31-25(16-26(34)30-21-8-5-20-13-14-29-24(20)15-21)27(35)32(28(31)36)23-11-6-19(7-12-23)18(2)33/h5-8,11-15,17,22,25,29H,3-4,9-10,16H2,1-2H3,(H,30,34). The van der Waals surface area contributed by atoms with E-state index in [1.54, 1.807) is 24.3 Å². The van der Waals surface area contributed by atoms with Gasteiger partial charge in [-0.3, -0.25) is 19.3 Å². The Labute approximate surface area is 215 Å². The SMILES string of the molecule is CC(=O)c1ccc(N2C(=O)C(CC(=O)Nc3ccc4cc[nH]c4c3)N(C3CCC(C)CC3)C2=S)cc1. The molecule has 3 aromatic rings. The second-order valence-corrected chi connectivity index (χ2v) is 10.3. The molecule has 0 bridgehead atoms. The van der Waals surface area contributed by atoms with Crippen LogP contribution in [-0.4, -0.2) is 44.7 Å². The molecule has 1 saturated heterocycles. The first-order chi connectivity index (χ1) is 17.3. The smallest absolute Gasteiger partial charge is 0.256 e. The summed E-state index contributed by atoms with van der Waals surface area (Å²) in [6, 6.07) is 14.0. The van der Waals surface area contributed by atoms with Crippen molar-refractivity contribution in [3.63, 3.8) is 0 Å². The molecule has 2 N–H and O–H groups in total. The Morgan fingerprint density at radius 3 is 2.47 bits per heavy atom. The number of carbonyl (C=O) groups excluding carboxylic acids is 3. The van der Waals surface area contributed by atoms with E-state index in [4.69, 9.17) is 12.2 Å². The van der Waals surface area contributed by atoms with Gasteiger partial charge < -0.3 is 15.2 Å². The van der Waals surface area contributed by atoms with E-state index in [1.165, 1.54) is 11.8 Å². The monoisotopic (exact) mass is 502 g/mol. The summed E-state index contributed by atoms with van der Waals surface area (Å²) in [7, 11) is 0. The highest BCUT2D eigenvalue weighted by Gasteiger charge is 2.47. The topological polar surface area (TPSA) is 85.5 Å². The summed E-state index contributed by atoms with van der Waals surface area (Å²) >= 11 is 5.85. The van der Waals surface area contributed by atoms with Crippen LogP contribution in [-0.2, 0) is 9.59 Å². The molecule has 2 heterocycles. The minimum absolute atomic E-state index is 0.00974. The van der Waals surface area contributed by atoms with Crippen LogP contribution in [0.5, 0.6) is 0 Å². The molecule has 8 heteroatoms. The van der Waals surface area contributed by atoms with Crippen LogP contribution >= 0.6 is 12.2 Å². The number of amides is 2. The molecule has 186 valence electrons. The van der Waals surface area contributed by atoms with Gasteiger partial charge in [0.15, 0.2) is 10.9 Å². The number of rotatable bonds is 6. The molecule has 1 aliphatic carbocycles. The second-order valence-electron chi connectivity index (χ2n) is 9.93. The molecule has 1 unspecified atom stereocenters. The highest BCUT2D eigenvalue weighted by Crippen LogP contribution is 2.35. The summed E-state index contributed by atoms with van der Waals surface area (Å²) in [5.74, 6) is 0.170. The number of H-pyrrole nitrogens is 1. The van der Waals surface area contributed by atoms with Crippen LogP contribution in [0, 0.1) is 5.92 Å². The van der Waals surface area contributed by atoms with Crippen molar-refractivity contribution in [1.29, 1.82) is 0 Å². The number of anilines is 2. The van der Waals surface area contributed by atoms with Gasteiger partial charge in [0.05, 0.1) is 12.1 Å². The van der Waals surface area contributed by atoms with Crippen LogP contribution in [0.2, 0.25) is 0 Å². The second kappa shape index (κ2) is 9.85. The molecule has 2 aliphatic rings. The molecule has 1 saturated carbocycles. The molecule has 0 spiro atoms. The van der Waals surface area contributed by atoms with Gasteiger partial charge >= 0.3 is 0 Å². The van der Waals surface area contributed by atoms with E-state index >= 15 is 0 Å². The third-order valence-electron chi connectivity index (χ3n) is 7.38. The van der Waals surface area contributed by atoms with Crippen molar-refractivity contribution in [2.75, 3.05) is 10.2 Å². The van der Waals surface area contributed by atoms with Crippen LogP contribution in [0.15, 0.2) is 54.7 Å². The molecule has 1 aliphatic heterocycles. The van der Waals surface area contributed by atoms with Crippen LogP contribution < -0.4 is 10.2 Å². The fourth-order valence-corrected chi connectivity index (χ4v) is 5.80. The fourth-order valence-electron chi connectivity index (χ4n) is 5.32. The van der Waals surface area contributed by atoms with Crippen molar-refractivity contribution >= 4 is 57.2 Å². The average Bonchev–Trinajstić information content (AvgIpc) is 3.41. The number of hydrogen-bond donors (Lipinski definition) is 2. The number of carbonyl (C=O) groups is 3. The number of fused-ring (bicyclic) bond motifs is 1. The third kappa shape index (κ3) is 4.65. The lowest BCUT2D eigenvalue weighted by Gasteiger charge is -2.37. The Hall–Kier alpha value is -3.52. The molecule has 5 rings (SSSR count). The Morgan fingerprint density at radius 1 is 1.06 bits per heavy atom. The lowest BCUT2D eigenvalue weighted by molar-refractivity contribution is -0.125. The Kier molecular flexibility index (Phi) is 6.62. The molecule has 36 heavy (non-hydrogen) atoms. The van der Waals surface area contributed by atoms with Crippen molar-refractivity contribution in [1.82, 2.24) is 9.88 Å². The maximum Gasteiger partial charge on any atom is 0.256 e. The number of aromatic nitrogens is 1. The number of benzene rings is 2. The third-order valence-corrected chi connectivity index (χ3v) is 7.78. The van der Waals surface area contributed by atoms with E-state index in [2.05, 4.69) is 17.2 Å². The van der Waals surface area contributed by atoms with Gasteiger partial charge in [0.1, 0.15) is 6.04 Å². The van der Waals surface area contributed by atoms with Gasteiger partial charge in [-0.15, -0.1) is 0 Å². The van der Waals surface area contributed by atoms with E-state index < -0.39 is 6.04 Å². The summed E-state index contributed by atoms with van der Waals surface area (Å²) in [6.07, 6.45) is 5.88. The quantitative estimate of drug-likeness (QED) is 0.354.